The van der Waals surface area contributed by atoms with Gasteiger partial charge in [0.25, 0.3) is 0 Å². The third-order valence-electron chi connectivity index (χ3n) is 3.32. The molecule has 1 heterocycles. The molecule has 0 radical (unpaired) electrons. The SMILES string of the molecule is CCn1cccc1C1C=Cc2ccccc21. The van der Waals surface area contributed by atoms with Gasteiger partial charge in [-0.1, -0.05) is 36.4 Å². The van der Waals surface area contributed by atoms with Crippen molar-refractivity contribution in [3.63, 3.8) is 0 Å². The Morgan fingerprint density at radius 3 is 2.88 bits per heavy atom. The van der Waals surface area contributed by atoms with Crippen LogP contribution >= 0.6 is 0 Å². The second-order valence-electron chi connectivity index (χ2n) is 4.18. The van der Waals surface area contributed by atoms with Crippen LogP contribution in [0.15, 0.2) is 48.7 Å². The third-order valence-corrected chi connectivity index (χ3v) is 3.32. The Labute approximate surface area is 96.0 Å². The molecule has 0 bridgehead atoms. The van der Waals surface area contributed by atoms with E-state index >= 15 is 0 Å². The van der Waals surface area contributed by atoms with Crippen LogP contribution < -0.4 is 0 Å². The lowest BCUT2D eigenvalue weighted by Gasteiger charge is -2.14. The van der Waals surface area contributed by atoms with Gasteiger partial charge in [-0.3, -0.25) is 0 Å². The molecule has 0 N–H and O–H groups in total. The van der Waals surface area contributed by atoms with E-state index < -0.39 is 0 Å². The molecule has 1 nitrogen and oxygen atoms in total. The minimum Gasteiger partial charge on any atom is -0.351 e. The van der Waals surface area contributed by atoms with Crippen molar-refractivity contribution >= 4 is 6.08 Å². The molecule has 0 saturated carbocycles. The smallest absolute Gasteiger partial charge is 0.0432 e. The van der Waals surface area contributed by atoms with E-state index in [1.807, 2.05) is 0 Å². The van der Waals surface area contributed by atoms with Crippen LogP contribution in [0, 0.1) is 0 Å². The van der Waals surface area contributed by atoms with E-state index in [1.165, 1.54) is 16.8 Å². The number of benzene rings is 1. The standard InChI is InChI=1S/C15H15N/c1-2-16-11-5-8-15(16)14-10-9-12-6-3-4-7-13(12)14/h3-11,14H,2H2,1H3. The Balaban J connectivity index is 2.08. The second-order valence-corrected chi connectivity index (χ2v) is 4.18. The first-order valence-electron chi connectivity index (χ1n) is 5.82. The van der Waals surface area contributed by atoms with Gasteiger partial charge in [-0.05, 0) is 30.2 Å². The number of rotatable bonds is 2. The molecule has 0 fully saturated rings. The predicted molar refractivity (Wildman–Crippen MR) is 67.4 cm³/mol. The number of nitrogens with zero attached hydrogens (tertiary/aromatic N) is 1. The fraction of sp³-hybridized carbons (Fsp3) is 0.200. The lowest BCUT2D eigenvalue weighted by atomic mass is 9.97. The van der Waals surface area contributed by atoms with Gasteiger partial charge in [-0.25, -0.2) is 0 Å². The van der Waals surface area contributed by atoms with Crippen LogP contribution in [-0.2, 0) is 6.54 Å². The van der Waals surface area contributed by atoms with Gasteiger partial charge in [0.2, 0.25) is 0 Å². The van der Waals surface area contributed by atoms with E-state index in [0.29, 0.717) is 5.92 Å². The van der Waals surface area contributed by atoms with Crippen LogP contribution in [0.5, 0.6) is 0 Å². The molecule has 0 saturated heterocycles. The zero-order valence-corrected chi connectivity index (χ0v) is 9.43. The minimum absolute atomic E-state index is 0.436. The highest BCUT2D eigenvalue weighted by molar-refractivity contribution is 5.64. The van der Waals surface area contributed by atoms with Crippen molar-refractivity contribution in [2.24, 2.45) is 0 Å². The molecular formula is C15H15N. The molecule has 1 heteroatoms. The molecule has 0 aliphatic heterocycles. The molecular weight excluding hydrogens is 194 g/mol. The minimum atomic E-state index is 0.436. The summed E-state index contributed by atoms with van der Waals surface area (Å²) in [7, 11) is 0. The normalized spacial score (nSPS) is 17.7. The van der Waals surface area contributed by atoms with Crippen LogP contribution in [0.1, 0.15) is 29.7 Å². The molecule has 1 aliphatic rings. The molecule has 3 rings (SSSR count). The van der Waals surface area contributed by atoms with Crippen molar-refractivity contribution in [2.75, 3.05) is 0 Å². The highest BCUT2D eigenvalue weighted by Gasteiger charge is 2.20. The van der Waals surface area contributed by atoms with E-state index in [0.717, 1.165) is 6.54 Å². The number of aromatic nitrogens is 1. The van der Waals surface area contributed by atoms with Crippen molar-refractivity contribution in [3.05, 3.63) is 65.5 Å². The van der Waals surface area contributed by atoms with Crippen molar-refractivity contribution in [1.29, 1.82) is 0 Å². The maximum atomic E-state index is 2.32. The molecule has 2 aromatic rings. The van der Waals surface area contributed by atoms with E-state index in [4.69, 9.17) is 0 Å². The molecule has 16 heavy (non-hydrogen) atoms. The van der Waals surface area contributed by atoms with E-state index in [2.05, 4.69) is 66.2 Å². The van der Waals surface area contributed by atoms with Crippen LogP contribution in [0.3, 0.4) is 0 Å². The maximum absolute atomic E-state index is 2.32. The number of aryl methyl sites for hydroxylation is 1. The van der Waals surface area contributed by atoms with Gasteiger partial charge in [-0.15, -0.1) is 0 Å². The van der Waals surface area contributed by atoms with Crippen LogP contribution in [0.4, 0.5) is 0 Å². The summed E-state index contributed by atoms with van der Waals surface area (Å²) in [5, 5.41) is 0. The summed E-state index contributed by atoms with van der Waals surface area (Å²) in [6.07, 6.45) is 6.68. The topological polar surface area (TPSA) is 4.93 Å². The number of allylic oxidation sites excluding steroid dienone is 1. The molecule has 1 aromatic carbocycles. The summed E-state index contributed by atoms with van der Waals surface area (Å²) >= 11 is 0. The second kappa shape index (κ2) is 3.67. The molecule has 0 amide bonds. The van der Waals surface area contributed by atoms with Gasteiger partial charge in [0, 0.05) is 24.4 Å². The van der Waals surface area contributed by atoms with Gasteiger partial charge in [0.15, 0.2) is 0 Å². The van der Waals surface area contributed by atoms with Gasteiger partial charge < -0.3 is 4.57 Å². The Kier molecular flexibility index (Phi) is 2.17. The Hall–Kier alpha value is -1.76. The lowest BCUT2D eigenvalue weighted by Crippen LogP contribution is -2.04. The van der Waals surface area contributed by atoms with Crippen molar-refractivity contribution < 1.29 is 0 Å². The predicted octanol–water partition coefficient (Wildman–Crippen LogP) is 3.67. The highest BCUT2D eigenvalue weighted by Crippen LogP contribution is 2.35. The maximum Gasteiger partial charge on any atom is 0.0432 e. The molecule has 0 spiro atoms. The Morgan fingerprint density at radius 1 is 1.12 bits per heavy atom. The molecule has 1 atom stereocenters. The van der Waals surface area contributed by atoms with Gasteiger partial charge in [0.1, 0.15) is 0 Å². The Bertz CT molecular complexity index is 534. The van der Waals surface area contributed by atoms with E-state index in [-0.39, 0.29) is 0 Å². The first-order valence-corrected chi connectivity index (χ1v) is 5.82. The molecule has 80 valence electrons. The number of hydrogen-bond acceptors (Lipinski definition) is 0. The molecule has 1 aliphatic carbocycles. The van der Waals surface area contributed by atoms with Crippen LogP contribution in [-0.4, -0.2) is 4.57 Å². The summed E-state index contributed by atoms with van der Waals surface area (Å²) in [6, 6.07) is 13.0. The third kappa shape index (κ3) is 1.32. The van der Waals surface area contributed by atoms with Crippen molar-refractivity contribution in [3.8, 4) is 0 Å². The fourth-order valence-electron chi connectivity index (χ4n) is 2.50. The first-order chi connectivity index (χ1) is 7.90. The summed E-state index contributed by atoms with van der Waals surface area (Å²) in [5.74, 6) is 0.436. The zero-order valence-electron chi connectivity index (χ0n) is 9.43. The highest BCUT2D eigenvalue weighted by atomic mass is 15.0. The summed E-state index contributed by atoms with van der Waals surface area (Å²) in [4.78, 5) is 0. The van der Waals surface area contributed by atoms with Crippen molar-refractivity contribution in [1.82, 2.24) is 4.57 Å². The number of hydrogen-bond donors (Lipinski definition) is 0. The largest absolute Gasteiger partial charge is 0.351 e. The molecule has 1 unspecified atom stereocenters. The van der Waals surface area contributed by atoms with Crippen LogP contribution in [0.2, 0.25) is 0 Å². The Morgan fingerprint density at radius 2 is 2.00 bits per heavy atom. The lowest BCUT2D eigenvalue weighted by molar-refractivity contribution is 0.710. The van der Waals surface area contributed by atoms with Gasteiger partial charge in [0.05, 0.1) is 0 Å². The first kappa shape index (κ1) is 9.46. The van der Waals surface area contributed by atoms with Gasteiger partial charge >= 0.3 is 0 Å². The quantitative estimate of drug-likeness (QED) is 0.711. The fourth-order valence-corrected chi connectivity index (χ4v) is 2.50. The average Bonchev–Trinajstić information content (AvgIpc) is 2.94. The monoisotopic (exact) mass is 209 g/mol. The summed E-state index contributed by atoms with van der Waals surface area (Å²) in [6.45, 7) is 3.23. The van der Waals surface area contributed by atoms with Crippen molar-refractivity contribution in [2.45, 2.75) is 19.4 Å². The number of fused-ring (bicyclic) bond motifs is 1. The zero-order chi connectivity index (χ0) is 11.0. The molecule has 1 aromatic heterocycles. The summed E-state index contributed by atoms with van der Waals surface area (Å²) < 4.78 is 2.32. The van der Waals surface area contributed by atoms with E-state index in [9.17, 15) is 0 Å². The average molecular weight is 209 g/mol. The van der Waals surface area contributed by atoms with Crippen LogP contribution in [0.25, 0.3) is 6.08 Å². The summed E-state index contributed by atoms with van der Waals surface area (Å²) in [5.41, 5.74) is 4.18. The van der Waals surface area contributed by atoms with Gasteiger partial charge in [-0.2, -0.15) is 0 Å². The van der Waals surface area contributed by atoms with E-state index in [1.54, 1.807) is 0 Å².